The monoisotopic (exact) mass is 238 g/mol. The molecule has 0 aromatic heterocycles. The van der Waals surface area contributed by atoms with Crippen molar-refractivity contribution in [3.05, 3.63) is 69.8 Å². The molecule has 2 aromatic carbocycles. The number of nitrogens with zero attached hydrogens (tertiary/aromatic N) is 1. The van der Waals surface area contributed by atoms with E-state index in [2.05, 4.69) is 5.32 Å². The molecule has 88 valence electrons. The Bertz CT molecular complexity index is 662. The summed E-state index contributed by atoms with van der Waals surface area (Å²) in [6.45, 7) is 0. The van der Waals surface area contributed by atoms with Crippen LogP contribution in [-0.2, 0) is 0 Å². The Kier molecular flexibility index (Phi) is 2.34. The first-order valence-corrected chi connectivity index (χ1v) is 5.57. The second-order valence-electron chi connectivity index (χ2n) is 4.04. The van der Waals surface area contributed by atoms with Crippen molar-refractivity contribution in [1.82, 2.24) is 0 Å². The van der Waals surface area contributed by atoms with Gasteiger partial charge >= 0.3 is 0 Å². The number of anilines is 2. The third-order valence-electron chi connectivity index (χ3n) is 2.92. The predicted molar refractivity (Wildman–Crippen MR) is 71.0 cm³/mol. The van der Waals surface area contributed by atoms with Crippen LogP contribution in [-0.4, -0.2) is 4.92 Å². The van der Waals surface area contributed by atoms with Gasteiger partial charge in [-0.2, -0.15) is 0 Å². The number of rotatable bonds is 1. The van der Waals surface area contributed by atoms with Gasteiger partial charge in [0.25, 0.3) is 5.70 Å². The van der Waals surface area contributed by atoms with Gasteiger partial charge in [-0.25, -0.2) is 0 Å². The third kappa shape index (κ3) is 1.64. The first kappa shape index (κ1) is 10.5. The van der Waals surface area contributed by atoms with Crippen LogP contribution in [0.1, 0.15) is 11.1 Å². The van der Waals surface area contributed by atoms with Gasteiger partial charge in [0.05, 0.1) is 16.2 Å². The Labute approximate surface area is 104 Å². The number of nitrogens with one attached hydrogen (secondary N) is 1. The van der Waals surface area contributed by atoms with E-state index in [0.29, 0.717) is 5.56 Å². The van der Waals surface area contributed by atoms with Gasteiger partial charge in [0.1, 0.15) is 0 Å². The van der Waals surface area contributed by atoms with Crippen molar-refractivity contribution in [2.24, 2.45) is 0 Å². The van der Waals surface area contributed by atoms with Gasteiger partial charge in [-0.15, -0.1) is 0 Å². The Balaban J connectivity index is 2.29. The number of para-hydroxylation sites is 2. The second kappa shape index (κ2) is 4.00. The van der Waals surface area contributed by atoms with Crippen molar-refractivity contribution in [2.45, 2.75) is 0 Å². The molecular weight excluding hydrogens is 228 g/mol. The molecule has 0 radical (unpaired) electrons. The minimum atomic E-state index is -0.345. The molecule has 18 heavy (non-hydrogen) atoms. The molecule has 3 rings (SSSR count). The quantitative estimate of drug-likeness (QED) is 0.610. The van der Waals surface area contributed by atoms with Crippen molar-refractivity contribution >= 4 is 23.1 Å². The van der Waals surface area contributed by atoms with Crippen LogP contribution in [0.2, 0.25) is 0 Å². The molecule has 2 aromatic rings. The fourth-order valence-electron chi connectivity index (χ4n) is 2.07. The predicted octanol–water partition coefficient (Wildman–Crippen LogP) is 3.52. The van der Waals surface area contributed by atoms with Crippen molar-refractivity contribution in [3.8, 4) is 0 Å². The van der Waals surface area contributed by atoms with Crippen LogP contribution in [0.3, 0.4) is 0 Å². The SMILES string of the molecule is O=[N+]([O-])C1=Cc2ccccc2Nc2ccccc21. The molecule has 0 unspecified atom stereocenters. The smallest absolute Gasteiger partial charge is 0.279 e. The molecule has 1 aliphatic rings. The lowest BCUT2D eigenvalue weighted by molar-refractivity contribution is -0.374. The summed E-state index contributed by atoms with van der Waals surface area (Å²) in [5, 5.41) is 14.4. The van der Waals surface area contributed by atoms with Crippen molar-refractivity contribution in [1.29, 1.82) is 0 Å². The molecule has 4 heteroatoms. The van der Waals surface area contributed by atoms with Crippen molar-refractivity contribution in [3.63, 3.8) is 0 Å². The number of nitro groups is 1. The van der Waals surface area contributed by atoms with E-state index in [-0.39, 0.29) is 10.6 Å². The number of benzene rings is 2. The average molecular weight is 238 g/mol. The standard InChI is InChI=1S/C14H10N2O2/c17-16(18)14-9-10-5-1-3-7-12(10)15-13-8-4-2-6-11(13)14/h1-9,15H. The Morgan fingerprint density at radius 1 is 0.944 bits per heavy atom. The second-order valence-corrected chi connectivity index (χ2v) is 4.04. The van der Waals surface area contributed by atoms with Gasteiger partial charge in [-0.3, -0.25) is 10.1 Å². The molecule has 0 saturated carbocycles. The lowest BCUT2D eigenvalue weighted by atomic mass is 10.1. The van der Waals surface area contributed by atoms with Crippen molar-refractivity contribution in [2.75, 3.05) is 5.32 Å². The average Bonchev–Trinajstić information content (AvgIpc) is 2.55. The maximum Gasteiger partial charge on any atom is 0.279 e. The summed E-state index contributed by atoms with van der Waals surface area (Å²) in [7, 11) is 0. The molecule has 1 N–H and O–H groups in total. The lowest BCUT2D eigenvalue weighted by Crippen LogP contribution is -1.99. The fraction of sp³-hybridized carbons (Fsp3) is 0. The van der Waals surface area contributed by atoms with Crippen LogP contribution in [0.25, 0.3) is 11.8 Å². The van der Waals surface area contributed by atoms with Gasteiger partial charge in [0, 0.05) is 17.3 Å². The van der Waals surface area contributed by atoms with Gasteiger partial charge in [0.2, 0.25) is 0 Å². The van der Waals surface area contributed by atoms with Crippen LogP contribution in [0, 0.1) is 10.1 Å². The van der Waals surface area contributed by atoms with Crippen LogP contribution in [0.15, 0.2) is 48.5 Å². The highest BCUT2D eigenvalue weighted by Crippen LogP contribution is 2.34. The van der Waals surface area contributed by atoms with E-state index < -0.39 is 0 Å². The van der Waals surface area contributed by atoms with E-state index in [4.69, 9.17) is 0 Å². The number of fused-ring (bicyclic) bond motifs is 2. The molecule has 4 nitrogen and oxygen atoms in total. The molecule has 0 atom stereocenters. The van der Waals surface area contributed by atoms with Crippen molar-refractivity contribution < 1.29 is 4.92 Å². The Morgan fingerprint density at radius 2 is 1.61 bits per heavy atom. The minimum Gasteiger partial charge on any atom is -0.354 e. The van der Waals surface area contributed by atoms with Gasteiger partial charge < -0.3 is 5.32 Å². The molecule has 0 aliphatic carbocycles. The maximum atomic E-state index is 11.2. The maximum absolute atomic E-state index is 11.2. The first-order valence-electron chi connectivity index (χ1n) is 5.57. The molecule has 0 amide bonds. The van der Waals surface area contributed by atoms with Crippen LogP contribution in [0.5, 0.6) is 0 Å². The van der Waals surface area contributed by atoms with Crippen LogP contribution in [0.4, 0.5) is 11.4 Å². The summed E-state index contributed by atoms with van der Waals surface area (Å²) in [6, 6.07) is 14.8. The molecule has 0 bridgehead atoms. The zero-order valence-electron chi connectivity index (χ0n) is 9.46. The summed E-state index contributed by atoms with van der Waals surface area (Å²) in [5.74, 6) is 0. The highest BCUT2D eigenvalue weighted by Gasteiger charge is 2.21. The van der Waals surface area contributed by atoms with E-state index in [1.165, 1.54) is 0 Å². The normalized spacial score (nSPS) is 12.6. The number of hydrogen-bond donors (Lipinski definition) is 1. The molecule has 0 spiro atoms. The molecule has 1 aliphatic heterocycles. The first-order chi connectivity index (χ1) is 8.75. The number of hydrogen-bond acceptors (Lipinski definition) is 3. The molecule has 1 heterocycles. The highest BCUT2D eigenvalue weighted by molar-refractivity contribution is 5.91. The third-order valence-corrected chi connectivity index (χ3v) is 2.92. The van der Waals surface area contributed by atoms with Crippen LogP contribution < -0.4 is 5.32 Å². The summed E-state index contributed by atoms with van der Waals surface area (Å²) < 4.78 is 0. The van der Waals surface area contributed by atoms with Crippen LogP contribution >= 0.6 is 0 Å². The van der Waals surface area contributed by atoms with E-state index >= 15 is 0 Å². The Morgan fingerprint density at radius 3 is 2.39 bits per heavy atom. The van der Waals surface area contributed by atoms with Gasteiger partial charge in [-0.1, -0.05) is 30.3 Å². The van der Waals surface area contributed by atoms with E-state index in [9.17, 15) is 10.1 Å². The van der Waals surface area contributed by atoms with E-state index in [1.54, 1.807) is 18.2 Å². The largest absolute Gasteiger partial charge is 0.354 e. The highest BCUT2D eigenvalue weighted by atomic mass is 16.6. The van der Waals surface area contributed by atoms with E-state index in [1.807, 2.05) is 36.4 Å². The molecule has 0 fully saturated rings. The molecular formula is C14H10N2O2. The van der Waals surface area contributed by atoms with E-state index in [0.717, 1.165) is 16.9 Å². The summed E-state index contributed by atoms with van der Waals surface area (Å²) in [5.41, 5.74) is 3.18. The summed E-state index contributed by atoms with van der Waals surface area (Å²) >= 11 is 0. The summed E-state index contributed by atoms with van der Waals surface area (Å²) in [4.78, 5) is 10.8. The minimum absolute atomic E-state index is 0.114. The zero-order chi connectivity index (χ0) is 12.5. The topological polar surface area (TPSA) is 55.2 Å². The fourth-order valence-corrected chi connectivity index (χ4v) is 2.07. The summed E-state index contributed by atoms with van der Waals surface area (Å²) in [6.07, 6.45) is 1.61. The van der Waals surface area contributed by atoms with Gasteiger partial charge in [-0.05, 0) is 18.2 Å². The lowest BCUT2D eigenvalue weighted by Gasteiger charge is -2.08. The molecule has 0 saturated heterocycles. The van der Waals surface area contributed by atoms with Gasteiger partial charge in [0.15, 0.2) is 0 Å². The Hall–Kier alpha value is -2.62. The zero-order valence-corrected chi connectivity index (χ0v) is 9.46.